The van der Waals surface area contributed by atoms with Crippen molar-refractivity contribution in [3.05, 3.63) is 41.6 Å². The standard InChI is InChI=1S/C43H55F2N3O9S/c1-26-36-30(31-20-29(56-39(44)45)13-14-32(31)46-26)15-16-42(57-36)22-33-34(49)23-43(38(52)47-58(53,54)41(5)17-18-41)21-28(43)12-10-8-6-7-9-11-27(37(51)48(33)24-42)19-35(50)55-25-40(2,3)4/h10,12-14,20,27-28,33,39H,6-9,11,15-19,21-25H2,1-5H3,(H,47,52)/b12-10-/t27-,28-,33+,42-,43-/m1/s1. The maximum atomic E-state index is 14.8. The van der Waals surface area contributed by atoms with Crippen molar-refractivity contribution in [3.63, 3.8) is 0 Å². The second-order valence-corrected chi connectivity index (χ2v) is 20.9. The smallest absolute Gasteiger partial charge is 0.387 e. The van der Waals surface area contributed by atoms with Crippen LogP contribution >= 0.6 is 0 Å². The van der Waals surface area contributed by atoms with Crippen LogP contribution in [0.4, 0.5) is 8.78 Å². The number of halogens is 2. The molecule has 4 heterocycles. The molecule has 1 saturated heterocycles. The molecule has 5 atom stereocenters. The number of allylic oxidation sites excluding steroid dienone is 2. The quantitative estimate of drug-likeness (QED) is 0.220. The Kier molecular flexibility index (Phi) is 11.2. The van der Waals surface area contributed by atoms with E-state index in [1.807, 2.05) is 32.9 Å². The number of carbonyl (C=O) groups is 4. The molecule has 15 heteroatoms. The van der Waals surface area contributed by atoms with Crippen LogP contribution in [0.1, 0.15) is 116 Å². The van der Waals surface area contributed by atoms with Gasteiger partial charge in [0.15, 0.2) is 5.78 Å². The summed E-state index contributed by atoms with van der Waals surface area (Å²) in [6.45, 7) is 6.41. The predicted octanol–water partition coefficient (Wildman–Crippen LogP) is 6.89. The number of carbonyl (C=O) groups excluding carboxylic acids is 4. The molecule has 2 amide bonds. The number of amides is 2. The van der Waals surface area contributed by atoms with Crippen molar-refractivity contribution in [2.45, 2.75) is 141 Å². The first-order valence-electron chi connectivity index (χ1n) is 20.5. The minimum atomic E-state index is -3.98. The third-order valence-corrected chi connectivity index (χ3v) is 14.9. The van der Waals surface area contributed by atoms with Crippen LogP contribution in [-0.2, 0) is 40.4 Å². The number of alkyl halides is 2. The molecule has 12 nitrogen and oxygen atoms in total. The number of nitrogens with one attached hydrogen (secondary N) is 1. The lowest BCUT2D eigenvalue weighted by atomic mass is 9.85. The average molecular weight is 828 g/mol. The normalized spacial score (nSPS) is 29.0. The van der Waals surface area contributed by atoms with E-state index in [1.54, 1.807) is 19.9 Å². The number of benzene rings is 1. The fourth-order valence-corrected chi connectivity index (χ4v) is 10.2. The van der Waals surface area contributed by atoms with Crippen LogP contribution in [0.2, 0.25) is 0 Å². The van der Waals surface area contributed by atoms with E-state index < -0.39 is 56.2 Å². The van der Waals surface area contributed by atoms with E-state index in [4.69, 9.17) is 14.5 Å². The summed E-state index contributed by atoms with van der Waals surface area (Å²) in [6.07, 6.45) is 8.92. The molecular formula is C43H55F2N3O9S. The van der Waals surface area contributed by atoms with Gasteiger partial charge in [-0.3, -0.25) is 23.9 Å². The first kappa shape index (κ1) is 42.0. The van der Waals surface area contributed by atoms with Crippen LogP contribution in [0.15, 0.2) is 30.4 Å². The maximum absolute atomic E-state index is 14.8. The van der Waals surface area contributed by atoms with Crippen molar-refractivity contribution in [1.29, 1.82) is 0 Å². The van der Waals surface area contributed by atoms with Gasteiger partial charge in [-0.05, 0) is 94.7 Å². The van der Waals surface area contributed by atoms with Gasteiger partial charge in [-0.2, -0.15) is 8.78 Å². The van der Waals surface area contributed by atoms with Crippen molar-refractivity contribution < 1.29 is 50.6 Å². The second-order valence-electron chi connectivity index (χ2n) is 18.7. The summed E-state index contributed by atoms with van der Waals surface area (Å²) < 4.78 is 71.2. The number of hydrogen-bond donors (Lipinski definition) is 1. The number of aromatic nitrogens is 1. The SMILES string of the molecule is Cc1nc2ccc(OC(F)F)cc2c2c1O[C@]1(CC2)C[C@H]2C(=O)C[C@]3(C(=O)NS(=O)(=O)C4(C)CC4)C[C@H]3/C=C\CCCCC[C@H](CC(=O)OCC(C)(C)C)C(=O)N2C1. The molecular weight excluding hydrogens is 773 g/mol. The Morgan fingerprint density at radius 2 is 1.86 bits per heavy atom. The van der Waals surface area contributed by atoms with E-state index in [0.717, 1.165) is 18.4 Å². The summed E-state index contributed by atoms with van der Waals surface area (Å²) in [7, 11) is -3.98. The molecule has 2 aromatic rings. The number of esters is 1. The van der Waals surface area contributed by atoms with Crippen molar-refractivity contribution in [2.24, 2.45) is 22.7 Å². The molecule has 58 heavy (non-hydrogen) atoms. The predicted molar refractivity (Wildman–Crippen MR) is 211 cm³/mol. The van der Waals surface area contributed by atoms with E-state index in [0.29, 0.717) is 73.7 Å². The number of ether oxygens (including phenoxy) is 3. The molecule has 2 saturated carbocycles. The number of sulfonamides is 1. The number of pyridine rings is 1. The molecule has 316 valence electrons. The molecule has 5 aliphatic rings. The molecule has 1 N–H and O–H groups in total. The van der Waals surface area contributed by atoms with Crippen LogP contribution in [0.3, 0.4) is 0 Å². The van der Waals surface area contributed by atoms with Gasteiger partial charge < -0.3 is 19.1 Å². The van der Waals surface area contributed by atoms with E-state index >= 15 is 0 Å². The Morgan fingerprint density at radius 3 is 2.57 bits per heavy atom. The minimum absolute atomic E-state index is 0.0177. The number of ketones is 1. The van der Waals surface area contributed by atoms with Crippen LogP contribution in [0.25, 0.3) is 10.9 Å². The third-order valence-electron chi connectivity index (χ3n) is 12.7. The average Bonchev–Trinajstić information content (AvgIpc) is 4.04. The van der Waals surface area contributed by atoms with E-state index in [-0.39, 0.29) is 61.2 Å². The number of Topliss-reactive ketones (excluding diaryl/α,β-unsaturated/α-hetero) is 1. The maximum Gasteiger partial charge on any atom is 0.387 e. The van der Waals surface area contributed by atoms with Crippen molar-refractivity contribution in [2.75, 3.05) is 13.2 Å². The number of rotatable bonds is 8. The first-order chi connectivity index (χ1) is 27.2. The van der Waals surface area contributed by atoms with E-state index in [9.17, 15) is 36.4 Å². The largest absolute Gasteiger partial charge is 0.483 e. The van der Waals surface area contributed by atoms with Crippen LogP contribution in [0.5, 0.6) is 11.5 Å². The summed E-state index contributed by atoms with van der Waals surface area (Å²) in [4.78, 5) is 63.1. The zero-order valence-corrected chi connectivity index (χ0v) is 34.9. The highest BCUT2D eigenvalue weighted by molar-refractivity contribution is 7.91. The summed E-state index contributed by atoms with van der Waals surface area (Å²) >= 11 is 0. The summed E-state index contributed by atoms with van der Waals surface area (Å²) in [5, 5.41) is 0.596. The van der Waals surface area contributed by atoms with Gasteiger partial charge in [-0.25, -0.2) is 13.4 Å². The molecule has 0 radical (unpaired) electrons. The van der Waals surface area contributed by atoms with E-state index in [1.165, 1.54) is 17.0 Å². The molecule has 3 aliphatic heterocycles. The highest BCUT2D eigenvalue weighted by atomic mass is 32.2. The highest BCUT2D eigenvalue weighted by Crippen LogP contribution is 2.58. The molecule has 2 aliphatic carbocycles. The summed E-state index contributed by atoms with van der Waals surface area (Å²) in [6, 6.07) is 3.53. The molecule has 7 rings (SSSR count). The molecule has 0 bridgehead atoms. The van der Waals surface area contributed by atoms with Crippen LogP contribution in [0, 0.1) is 29.6 Å². The van der Waals surface area contributed by atoms with Gasteiger partial charge in [0.2, 0.25) is 21.8 Å². The van der Waals surface area contributed by atoms with Gasteiger partial charge in [0.05, 0.1) is 47.0 Å². The van der Waals surface area contributed by atoms with Crippen molar-refractivity contribution in [3.8, 4) is 11.5 Å². The Hall–Kier alpha value is -4.14. The van der Waals surface area contributed by atoms with Crippen molar-refractivity contribution in [1.82, 2.24) is 14.6 Å². The number of fused-ring (bicyclic) bond motifs is 5. The molecule has 1 aromatic carbocycles. The zero-order valence-electron chi connectivity index (χ0n) is 34.0. The fourth-order valence-electron chi connectivity index (χ4n) is 8.87. The van der Waals surface area contributed by atoms with Crippen LogP contribution < -0.4 is 14.2 Å². The van der Waals surface area contributed by atoms with Gasteiger partial charge in [0.25, 0.3) is 0 Å². The Morgan fingerprint density at radius 1 is 1.10 bits per heavy atom. The number of nitrogens with zero attached hydrogens (tertiary/aromatic N) is 2. The molecule has 0 unspecified atom stereocenters. The van der Waals surface area contributed by atoms with Gasteiger partial charge in [0, 0.05) is 29.7 Å². The Balaban J connectivity index is 1.23. The Bertz CT molecular complexity index is 2130. The highest BCUT2D eigenvalue weighted by Gasteiger charge is 2.63. The molecule has 1 spiro atoms. The van der Waals surface area contributed by atoms with Gasteiger partial charge >= 0.3 is 12.6 Å². The van der Waals surface area contributed by atoms with Gasteiger partial charge in [-0.15, -0.1) is 0 Å². The zero-order chi connectivity index (χ0) is 41.8. The van der Waals surface area contributed by atoms with Gasteiger partial charge in [0.1, 0.15) is 17.1 Å². The monoisotopic (exact) mass is 827 g/mol. The fraction of sp³-hybridized carbons (Fsp3) is 0.651. The first-order valence-corrected chi connectivity index (χ1v) is 22.0. The van der Waals surface area contributed by atoms with Crippen LogP contribution in [-0.4, -0.2) is 78.0 Å². The Labute approximate surface area is 338 Å². The lowest BCUT2D eigenvalue weighted by Gasteiger charge is -2.36. The van der Waals surface area contributed by atoms with E-state index in [2.05, 4.69) is 9.46 Å². The summed E-state index contributed by atoms with van der Waals surface area (Å²) in [5.41, 5.74) is -0.744. The second kappa shape index (κ2) is 15.5. The number of aryl methyl sites for hydroxylation is 2. The topological polar surface area (TPSA) is 158 Å². The summed E-state index contributed by atoms with van der Waals surface area (Å²) in [5.74, 6) is -2.66. The van der Waals surface area contributed by atoms with Gasteiger partial charge in [-0.1, -0.05) is 45.8 Å². The minimum Gasteiger partial charge on any atom is -0.483 e. The lowest BCUT2D eigenvalue weighted by molar-refractivity contribution is -0.152. The van der Waals surface area contributed by atoms with Crippen molar-refractivity contribution >= 4 is 44.5 Å². The third kappa shape index (κ3) is 8.60. The lowest BCUT2D eigenvalue weighted by Crippen LogP contribution is -2.48. The molecule has 1 aromatic heterocycles. The number of hydrogen-bond acceptors (Lipinski definition) is 10. The molecule has 3 fully saturated rings.